The van der Waals surface area contributed by atoms with Crippen LogP contribution in [0.4, 0.5) is 0 Å². The lowest BCUT2D eigenvalue weighted by Gasteiger charge is -2.15. The second-order valence-corrected chi connectivity index (χ2v) is 2.93. The van der Waals surface area contributed by atoms with Gasteiger partial charge in [-0.15, -0.1) is 0 Å². The van der Waals surface area contributed by atoms with Crippen LogP contribution < -0.4 is 10.1 Å². The van der Waals surface area contributed by atoms with Crippen LogP contribution in [0.2, 0.25) is 0 Å². The standard InChI is InChI=1S/C8H13N3O/c1-9-5-7-6-10-11-3-2-4-12-8(7)11/h6,9H,2-5H2,1H3. The molecule has 1 aliphatic rings. The second-order valence-electron chi connectivity index (χ2n) is 2.93. The number of nitrogens with zero attached hydrogens (tertiary/aromatic N) is 2. The van der Waals surface area contributed by atoms with Crippen LogP contribution in [0.1, 0.15) is 12.0 Å². The van der Waals surface area contributed by atoms with E-state index in [9.17, 15) is 0 Å². The number of nitrogens with one attached hydrogen (secondary N) is 1. The Bertz CT molecular complexity index is 269. The zero-order chi connectivity index (χ0) is 8.39. The van der Waals surface area contributed by atoms with Crippen molar-refractivity contribution in [3.05, 3.63) is 11.8 Å². The van der Waals surface area contributed by atoms with E-state index in [1.807, 2.05) is 17.9 Å². The fourth-order valence-electron chi connectivity index (χ4n) is 1.43. The van der Waals surface area contributed by atoms with Gasteiger partial charge in [0.15, 0.2) is 0 Å². The molecule has 1 aromatic heterocycles. The third-order valence-corrected chi connectivity index (χ3v) is 1.98. The molecule has 0 atom stereocenters. The molecule has 4 heteroatoms. The molecule has 0 aliphatic carbocycles. The predicted molar refractivity (Wildman–Crippen MR) is 45.1 cm³/mol. The average Bonchev–Trinajstić information content (AvgIpc) is 2.50. The van der Waals surface area contributed by atoms with E-state index in [-0.39, 0.29) is 0 Å². The Labute approximate surface area is 71.5 Å². The molecule has 0 spiro atoms. The molecule has 0 fully saturated rings. The Kier molecular flexibility index (Phi) is 1.99. The molecule has 4 nitrogen and oxygen atoms in total. The molecule has 1 aliphatic heterocycles. The van der Waals surface area contributed by atoms with Crippen molar-refractivity contribution in [2.45, 2.75) is 19.5 Å². The maximum Gasteiger partial charge on any atom is 0.216 e. The predicted octanol–water partition coefficient (Wildman–Crippen LogP) is 0.385. The Hall–Kier alpha value is -1.03. The van der Waals surface area contributed by atoms with E-state index in [0.717, 1.165) is 37.6 Å². The van der Waals surface area contributed by atoms with Crippen LogP contribution in [0, 0.1) is 0 Å². The van der Waals surface area contributed by atoms with Crippen molar-refractivity contribution >= 4 is 0 Å². The second kappa shape index (κ2) is 3.15. The van der Waals surface area contributed by atoms with Crippen molar-refractivity contribution in [1.82, 2.24) is 15.1 Å². The molecule has 0 amide bonds. The Balaban J connectivity index is 2.25. The summed E-state index contributed by atoms with van der Waals surface area (Å²) in [7, 11) is 1.92. The molecule has 0 saturated carbocycles. The minimum Gasteiger partial charge on any atom is -0.478 e. The van der Waals surface area contributed by atoms with Gasteiger partial charge in [-0.2, -0.15) is 5.10 Å². The number of hydrogen-bond acceptors (Lipinski definition) is 3. The van der Waals surface area contributed by atoms with E-state index in [4.69, 9.17) is 4.74 Å². The highest BCUT2D eigenvalue weighted by molar-refractivity contribution is 5.24. The largest absolute Gasteiger partial charge is 0.478 e. The average molecular weight is 167 g/mol. The van der Waals surface area contributed by atoms with E-state index >= 15 is 0 Å². The normalized spacial score (nSPS) is 15.4. The Morgan fingerprint density at radius 2 is 2.67 bits per heavy atom. The topological polar surface area (TPSA) is 39.1 Å². The molecule has 0 bridgehead atoms. The molecule has 0 unspecified atom stereocenters. The summed E-state index contributed by atoms with van der Waals surface area (Å²) in [4.78, 5) is 0. The lowest BCUT2D eigenvalue weighted by Crippen LogP contribution is -2.16. The van der Waals surface area contributed by atoms with Gasteiger partial charge in [0.1, 0.15) is 0 Å². The third-order valence-electron chi connectivity index (χ3n) is 1.98. The van der Waals surface area contributed by atoms with Crippen molar-refractivity contribution in [3.63, 3.8) is 0 Å². The lowest BCUT2D eigenvalue weighted by atomic mass is 10.3. The number of hydrogen-bond donors (Lipinski definition) is 1. The first-order valence-electron chi connectivity index (χ1n) is 4.24. The lowest BCUT2D eigenvalue weighted by molar-refractivity contribution is 0.228. The van der Waals surface area contributed by atoms with Gasteiger partial charge in [0.25, 0.3) is 0 Å². The quantitative estimate of drug-likeness (QED) is 0.692. The van der Waals surface area contributed by atoms with Gasteiger partial charge in [-0.1, -0.05) is 0 Å². The highest BCUT2D eigenvalue weighted by Gasteiger charge is 2.14. The van der Waals surface area contributed by atoms with Gasteiger partial charge in [0, 0.05) is 25.1 Å². The van der Waals surface area contributed by atoms with Crippen molar-refractivity contribution in [2.24, 2.45) is 0 Å². The zero-order valence-electron chi connectivity index (χ0n) is 7.21. The molecule has 0 saturated heterocycles. The van der Waals surface area contributed by atoms with Crippen LogP contribution in [0.15, 0.2) is 6.20 Å². The van der Waals surface area contributed by atoms with E-state index in [1.165, 1.54) is 0 Å². The van der Waals surface area contributed by atoms with Gasteiger partial charge < -0.3 is 10.1 Å². The monoisotopic (exact) mass is 167 g/mol. The van der Waals surface area contributed by atoms with E-state index in [2.05, 4.69) is 10.4 Å². The molecule has 12 heavy (non-hydrogen) atoms. The molecule has 1 N–H and O–H groups in total. The van der Waals surface area contributed by atoms with Crippen LogP contribution in [0.5, 0.6) is 5.88 Å². The minimum absolute atomic E-state index is 0.822. The molecule has 0 aromatic carbocycles. The SMILES string of the molecule is CNCc1cnn2c1OCCC2. The van der Waals surface area contributed by atoms with E-state index < -0.39 is 0 Å². The number of rotatable bonds is 2. The number of fused-ring (bicyclic) bond motifs is 1. The molecule has 66 valence electrons. The molecule has 0 radical (unpaired) electrons. The van der Waals surface area contributed by atoms with Gasteiger partial charge in [0.2, 0.25) is 5.88 Å². The first kappa shape index (κ1) is 7.61. The number of ether oxygens (including phenoxy) is 1. The first-order valence-corrected chi connectivity index (χ1v) is 4.24. The summed E-state index contributed by atoms with van der Waals surface area (Å²) >= 11 is 0. The van der Waals surface area contributed by atoms with Crippen LogP contribution in [-0.2, 0) is 13.1 Å². The van der Waals surface area contributed by atoms with Crippen LogP contribution in [0.3, 0.4) is 0 Å². The maximum atomic E-state index is 5.51. The fourth-order valence-corrected chi connectivity index (χ4v) is 1.43. The van der Waals surface area contributed by atoms with E-state index in [1.54, 1.807) is 0 Å². The van der Waals surface area contributed by atoms with Crippen LogP contribution in [-0.4, -0.2) is 23.4 Å². The first-order chi connectivity index (χ1) is 5.92. The zero-order valence-corrected chi connectivity index (χ0v) is 7.21. The van der Waals surface area contributed by atoms with Crippen LogP contribution in [0.25, 0.3) is 0 Å². The summed E-state index contributed by atoms with van der Waals surface area (Å²) < 4.78 is 7.43. The highest BCUT2D eigenvalue weighted by Crippen LogP contribution is 2.21. The minimum atomic E-state index is 0.822. The molecule has 2 rings (SSSR count). The van der Waals surface area contributed by atoms with Crippen LogP contribution >= 0.6 is 0 Å². The summed E-state index contributed by atoms with van der Waals surface area (Å²) in [5.74, 6) is 0.940. The summed E-state index contributed by atoms with van der Waals surface area (Å²) in [6.07, 6.45) is 2.94. The van der Waals surface area contributed by atoms with Crippen molar-refractivity contribution in [3.8, 4) is 5.88 Å². The summed E-state index contributed by atoms with van der Waals surface area (Å²) in [5.41, 5.74) is 1.15. The Morgan fingerprint density at radius 1 is 1.75 bits per heavy atom. The summed E-state index contributed by atoms with van der Waals surface area (Å²) in [6, 6.07) is 0. The van der Waals surface area contributed by atoms with Crippen molar-refractivity contribution in [2.75, 3.05) is 13.7 Å². The van der Waals surface area contributed by atoms with E-state index in [0.29, 0.717) is 0 Å². The fraction of sp³-hybridized carbons (Fsp3) is 0.625. The van der Waals surface area contributed by atoms with Gasteiger partial charge in [0.05, 0.1) is 12.8 Å². The molecule has 2 heterocycles. The van der Waals surface area contributed by atoms with Gasteiger partial charge in [-0.3, -0.25) is 0 Å². The molecular formula is C8H13N3O. The van der Waals surface area contributed by atoms with Crippen molar-refractivity contribution in [1.29, 1.82) is 0 Å². The molecular weight excluding hydrogens is 154 g/mol. The number of aryl methyl sites for hydroxylation is 1. The van der Waals surface area contributed by atoms with Gasteiger partial charge in [-0.25, -0.2) is 4.68 Å². The summed E-state index contributed by atoms with van der Waals surface area (Å²) in [6.45, 7) is 2.64. The Morgan fingerprint density at radius 3 is 3.50 bits per heavy atom. The van der Waals surface area contributed by atoms with Gasteiger partial charge >= 0.3 is 0 Å². The maximum absolute atomic E-state index is 5.51. The van der Waals surface area contributed by atoms with Crippen molar-refractivity contribution < 1.29 is 4.74 Å². The number of aromatic nitrogens is 2. The molecule has 1 aromatic rings. The summed E-state index contributed by atoms with van der Waals surface area (Å²) in [5, 5.41) is 7.31. The highest BCUT2D eigenvalue weighted by atomic mass is 16.5. The smallest absolute Gasteiger partial charge is 0.216 e. The van der Waals surface area contributed by atoms with Gasteiger partial charge in [-0.05, 0) is 7.05 Å². The third kappa shape index (κ3) is 1.18.